The third-order valence-electron chi connectivity index (χ3n) is 3.03. The normalized spacial score (nSPS) is 13.8. The first kappa shape index (κ1) is 16.9. The Balaban J connectivity index is 0.00000176. The third-order valence-corrected chi connectivity index (χ3v) is 4.31. The van der Waals surface area contributed by atoms with Crippen molar-refractivity contribution in [3.05, 3.63) is 49.0 Å². The van der Waals surface area contributed by atoms with E-state index in [2.05, 4.69) is 10.3 Å². The van der Waals surface area contributed by atoms with Crippen LogP contribution >= 0.6 is 22.9 Å². The fraction of sp³-hybridized carbons (Fsp3) is 0.214. The minimum atomic E-state index is -0.353. The van der Waals surface area contributed by atoms with E-state index in [1.54, 1.807) is 28.8 Å². The largest absolute Gasteiger partial charge is 1.00 e. The van der Waals surface area contributed by atoms with Gasteiger partial charge in [-0.05, 0) is 24.6 Å². The quantitative estimate of drug-likeness (QED) is 0.633. The average Bonchev–Trinajstić information content (AvgIpc) is 2.76. The summed E-state index contributed by atoms with van der Waals surface area (Å²) in [5.74, 6) is -0.353. The van der Waals surface area contributed by atoms with E-state index in [1.165, 1.54) is 17.4 Å². The van der Waals surface area contributed by atoms with Gasteiger partial charge in [0.15, 0.2) is 4.80 Å². The van der Waals surface area contributed by atoms with Crippen molar-refractivity contribution in [1.82, 2.24) is 4.57 Å². The second-order valence-corrected chi connectivity index (χ2v) is 6.03. The van der Waals surface area contributed by atoms with Crippen LogP contribution in [-0.2, 0) is 11.3 Å². The highest BCUT2D eigenvalue weighted by molar-refractivity contribution is 7.07. The molecule has 0 fully saturated rings. The topological polar surface area (TPSA) is 63.5 Å². The second-order valence-electron chi connectivity index (χ2n) is 4.58. The highest BCUT2D eigenvalue weighted by Gasteiger charge is 2.09. The Morgan fingerprint density at radius 3 is 3.00 bits per heavy atom. The molecule has 3 rings (SSSR count). The zero-order valence-corrected chi connectivity index (χ0v) is 14.5. The Kier molecular flexibility index (Phi) is 5.55. The number of nitrogens with zero attached hydrogens (tertiary/aromatic N) is 2. The van der Waals surface area contributed by atoms with E-state index in [-0.39, 0.29) is 28.4 Å². The molecule has 0 bridgehead atoms. The van der Waals surface area contributed by atoms with Crippen molar-refractivity contribution in [3.8, 4) is 0 Å². The van der Waals surface area contributed by atoms with Crippen molar-refractivity contribution in [1.29, 1.82) is 0 Å². The average molecular weight is 402 g/mol. The molecule has 1 aliphatic heterocycles. The lowest BCUT2D eigenvalue weighted by molar-refractivity contribution is -0.110. The number of halogens is 2. The van der Waals surface area contributed by atoms with Crippen molar-refractivity contribution in [2.24, 2.45) is 4.99 Å². The maximum absolute atomic E-state index is 12.1. The van der Waals surface area contributed by atoms with Gasteiger partial charge in [0.05, 0.1) is 0 Å². The van der Waals surface area contributed by atoms with E-state index in [1.807, 2.05) is 0 Å². The number of thiazole rings is 1. The molecule has 1 amide bonds. The molecule has 0 atom stereocenters. The van der Waals surface area contributed by atoms with Crippen LogP contribution in [0.1, 0.15) is 6.42 Å². The van der Waals surface area contributed by atoms with Gasteiger partial charge in [0.2, 0.25) is 5.91 Å². The van der Waals surface area contributed by atoms with Gasteiger partial charge in [-0.3, -0.25) is 19.1 Å². The van der Waals surface area contributed by atoms with E-state index in [9.17, 15) is 9.59 Å². The van der Waals surface area contributed by atoms with Crippen LogP contribution in [0.15, 0.2) is 34.1 Å². The lowest BCUT2D eigenvalue weighted by Gasteiger charge is -2.03. The minimum Gasteiger partial charge on any atom is -1.00 e. The van der Waals surface area contributed by atoms with Crippen LogP contribution < -0.4 is 37.2 Å². The monoisotopic (exact) mass is 400 g/mol. The maximum atomic E-state index is 12.1. The van der Waals surface area contributed by atoms with E-state index in [4.69, 9.17) is 11.6 Å². The summed E-state index contributed by atoms with van der Waals surface area (Å²) in [6.45, 7) is 1.39. The molecule has 22 heavy (non-hydrogen) atoms. The van der Waals surface area contributed by atoms with Crippen molar-refractivity contribution >= 4 is 40.6 Å². The van der Waals surface area contributed by atoms with Gasteiger partial charge in [-0.2, -0.15) is 0 Å². The van der Waals surface area contributed by atoms with Crippen molar-refractivity contribution in [3.63, 3.8) is 0 Å². The summed E-state index contributed by atoms with van der Waals surface area (Å²) < 4.78 is 2.02. The summed E-state index contributed by atoms with van der Waals surface area (Å²) in [5.41, 5.74) is 0.439. The van der Waals surface area contributed by atoms with Crippen LogP contribution in [0.5, 0.6) is 0 Å². The number of fused-ring (bicyclic) bond motifs is 1. The summed E-state index contributed by atoms with van der Waals surface area (Å²) >= 11 is 7.10. The van der Waals surface area contributed by atoms with Crippen LogP contribution in [0.3, 0.4) is 0 Å². The SMILES string of the molecule is O=C(/C=c1\sc2n(c1=O)CCCN=2)Nc1cccc(Cl)c1.[Br-]. The zero-order valence-electron chi connectivity index (χ0n) is 11.4. The Morgan fingerprint density at radius 2 is 2.27 bits per heavy atom. The molecule has 116 valence electrons. The van der Waals surface area contributed by atoms with Crippen LogP contribution in [0.2, 0.25) is 5.02 Å². The van der Waals surface area contributed by atoms with Gasteiger partial charge >= 0.3 is 0 Å². The Morgan fingerprint density at radius 1 is 1.45 bits per heavy atom. The van der Waals surface area contributed by atoms with Crippen LogP contribution in [0, 0.1) is 0 Å². The first-order chi connectivity index (χ1) is 10.1. The molecular formula is C14H12BrClN3O2S-. The van der Waals surface area contributed by atoms with Gasteiger partial charge in [0, 0.05) is 29.9 Å². The summed E-state index contributed by atoms with van der Waals surface area (Å²) in [5, 5.41) is 3.23. The predicted octanol–water partition coefficient (Wildman–Crippen LogP) is -1.99. The van der Waals surface area contributed by atoms with Crippen LogP contribution in [-0.4, -0.2) is 17.0 Å². The second kappa shape index (κ2) is 7.21. The lowest BCUT2D eigenvalue weighted by Crippen LogP contribution is -3.00. The Hall–Kier alpha value is -1.44. The summed E-state index contributed by atoms with van der Waals surface area (Å²) in [7, 11) is 0. The molecule has 0 aliphatic carbocycles. The molecule has 2 heterocycles. The van der Waals surface area contributed by atoms with E-state index >= 15 is 0 Å². The Labute approximate surface area is 145 Å². The summed E-state index contributed by atoms with van der Waals surface area (Å²) in [6, 6.07) is 6.85. The lowest BCUT2D eigenvalue weighted by atomic mass is 10.3. The fourth-order valence-electron chi connectivity index (χ4n) is 2.09. The smallest absolute Gasteiger partial charge is 0.270 e. The number of carbonyl (C=O) groups is 1. The van der Waals surface area contributed by atoms with Gasteiger partial charge in [0.1, 0.15) is 4.53 Å². The number of rotatable bonds is 2. The predicted molar refractivity (Wildman–Crippen MR) is 83.4 cm³/mol. The van der Waals surface area contributed by atoms with Crippen molar-refractivity contribution in [2.45, 2.75) is 13.0 Å². The highest BCUT2D eigenvalue weighted by atomic mass is 79.9. The van der Waals surface area contributed by atoms with Gasteiger partial charge < -0.3 is 22.3 Å². The molecule has 1 N–H and O–H groups in total. The molecule has 5 nitrogen and oxygen atoms in total. The maximum Gasteiger partial charge on any atom is 0.270 e. The number of aromatic nitrogens is 1. The molecule has 1 aromatic heterocycles. The number of carbonyl (C=O) groups excluding carboxylic acids is 1. The molecule has 8 heteroatoms. The van der Waals surface area contributed by atoms with E-state index in [0.29, 0.717) is 26.6 Å². The first-order valence-corrected chi connectivity index (χ1v) is 7.65. The van der Waals surface area contributed by atoms with E-state index < -0.39 is 0 Å². The summed E-state index contributed by atoms with van der Waals surface area (Å²) in [6.07, 6.45) is 2.17. The third kappa shape index (κ3) is 3.66. The van der Waals surface area contributed by atoms with Gasteiger partial charge in [-0.15, -0.1) is 0 Å². The molecule has 0 saturated carbocycles. The zero-order chi connectivity index (χ0) is 14.8. The van der Waals surface area contributed by atoms with Crippen LogP contribution in [0.25, 0.3) is 6.08 Å². The number of benzene rings is 1. The minimum absolute atomic E-state index is 0. The van der Waals surface area contributed by atoms with E-state index in [0.717, 1.165) is 13.0 Å². The first-order valence-electron chi connectivity index (χ1n) is 6.46. The summed E-state index contributed by atoms with van der Waals surface area (Å²) in [4.78, 5) is 29.1. The molecule has 0 unspecified atom stereocenters. The molecule has 2 aromatic rings. The standard InChI is InChI=1S/C14H12ClN3O2S.BrH/c15-9-3-1-4-10(7-9)17-12(19)8-11-13(20)18-6-2-5-16-14(18)21-11;/h1,3-4,7-8H,2,5-6H2,(H,17,19);1H/p-1/b11-8-;. The number of hydrogen-bond acceptors (Lipinski definition) is 4. The fourth-order valence-corrected chi connectivity index (χ4v) is 3.28. The van der Waals surface area contributed by atoms with Crippen LogP contribution in [0.4, 0.5) is 5.69 Å². The molecule has 1 aliphatic rings. The molecule has 0 spiro atoms. The van der Waals surface area contributed by atoms with Crippen molar-refractivity contribution in [2.75, 3.05) is 11.9 Å². The van der Waals surface area contributed by atoms with Gasteiger partial charge in [0.25, 0.3) is 5.56 Å². The number of hydrogen-bond donors (Lipinski definition) is 1. The van der Waals surface area contributed by atoms with Gasteiger partial charge in [-0.25, -0.2) is 0 Å². The van der Waals surface area contributed by atoms with Crippen molar-refractivity contribution < 1.29 is 21.8 Å². The van der Waals surface area contributed by atoms with Gasteiger partial charge in [-0.1, -0.05) is 29.0 Å². The molecule has 1 aromatic carbocycles. The Bertz CT molecular complexity index is 875. The molecule has 0 radical (unpaired) electrons. The number of amides is 1. The number of anilines is 1. The molecular weight excluding hydrogens is 390 g/mol. The molecule has 0 saturated heterocycles. The number of nitrogens with one attached hydrogen (secondary N) is 1. The highest BCUT2D eigenvalue weighted by Crippen LogP contribution is 2.14.